The molecular formula is C22H22BrNO6. The first-order valence-corrected chi connectivity index (χ1v) is 10.3. The monoisotopic (exact) mass is 475 g/mol. The first-order valence-electron chi connectivity index (χ1n) is 9.49. The maximum absolute atomic E-state index is 13.0. The maximum Gasteiger partial charge on any atom is 0.318 e. The summed E-state index contributed by atoms with van der Waals surface area (Å²) in [6.07, 6.45) is -0.620. The van der Waals surface area contributed by atoms with Gasteiger partial charge in [0, 0.05) is 15.8 Å². The number of aliphatic hydroxyl groups is 1. The smallest absolute Gasteiger partial charge is 0.318 e. The number of hydrogen-bond acceptors (Lipinski definition) is 5. The van der Waals surface area contributed by atoms with Crippen LogP contribution in [0.4, 0.5) is 0 Å². The SMILES string of the molecule is CC[C@]1(c2ccc(Br)cc2)[C@H]([N+](=O)[O-])[C@@](O)(c2ccccc2)C[C@@]1(C(C)=O)C(=O)O. The largest absolute Gasteiger partial charge is 0.480 e. The molecule has 0 bridgehead atoms. The number of nitrogens with zero attached hydrogens (tertiary/aromatic N) is 1. The molecule has 7 nitrogen and oxygen atoms in total. The number of halogens is 1. The van der Waals surface area contributed by atoms with E-state index in [-0.39, 0.29) is 12.0 Å². The topological polar surface area (TPSA) is 118 Å². The van der Waals surface area contributed by atoms with Crippen LogP contribution in [0, 0.1) is 15.5 Å². The van der Waals surface area contributed by atoms with Gasteiger partial charge >= 0.3 is 5.97 Å². The molecule has 0 spiro atoms. The molecule has 2 aromatic rings. The summed E-state index contributed by atoms with van der Waals surface area (Å²) in [5, 5.41) is 34.5. The molecule has 0 amide bonds. The van der Waals surface area contributed by atoms with Gasteiger partial charge in [0.05, 0.1) is 5.41 Å². The Morgan fingerprint density at radius 1 is 1.13 bits per heavy atom. The lowest BCUT2D eigenvalue weighted by Crippen LogP contribution is -2.58. The predicted octanol–water partition coefficient (Wildman–Crippen LogP) is 3.69. The Labute approximate surface area is 182 Å². The molecule has 0 aromatic heterocycles. The number of carboxylic acids is 1. The van der Waals surface area contributed by atoms with Gasteiger partial charge in [-0.25, -0.2) is 0 Å². The van der Waals surface area contributed by atoms with Crippen LogP contribution in [-0.4, -0.2) is 32.9 Å². The van der Waals surface area contributed by atoms with E-state index in [4.69, 9.17) is 0 Å². The average Bonchev–Trinajstić information content (AvgIpc) is 2.97. The van der Waals surface area contributed by atoms with Gasteiger partial charge in [0.15, 0.2) is 5.60 Å². The molecule has 0 aliphatic heterocycles. The van der Waals surface area contributed by atoms with Crippen LogP contribution < -0.4 is 0 Å². The first-order chi connectivity index (χ1) is 14.1. The normalized spacial score (nSPS) is 30.7. The first kappa shape index (κ1) is 22.1. The van der Waals surface area contributed by atoms with E-state index in [1.165, 1.54) is 12.1 Å². The highest BCUT2D eigenvalue weighted by Crippen LogP contribution is 2.64. The summed E-state index contributed by atoms with van der Waals surface area (Å²) < 4.78 is 0.704. The highest BCUT2D eigenvalue weighted by atomic mass is 79.9. The number of carbonyl (C=O) groups excluding carboxylic acids is 1. The maximum atomic E-state index is 13.0. The Morgan fingerprint density at radius 2 is 1.70 bits per heavy atom. The van der Waals surface area contributed by atoms with Crippen LogP contribution in [-0.2, 0) is 20.6 Å². The van der Waals surface area contributed by atoms with Gasteiger partial charge in [-0.3, -0.25) is 19.7 Å². The van der Waals surface area contributed by atoms with Crippen molar-refractivity contribution in [3.63, 3.8) is 0 Å². The number of carbonyl (C=O) groups is 2. The van der Waals surface area contributed by atoms with Crippen LogP contribution in [0.2, 0.25) is 0 Å². The third kappa shape index (κ3) is 2.81. The Morgan fingerprint density at radius 3 is 2.13 bits per heavy atom. The zero-order valence-electron chi connectivity index (χ0n) is 16.5. The van der Waals surface area contributed by atoms with E-state index in [1.807, 2.05) is 0 Å². The standard InChI is InChI=1S/C22H22BrNO6/c1-3-20(15-9-11-17(23)12-10-15)18(24(29)30)22(28,16-7-5-4-6-8-16)13-21(20,14(2)25)19(26)27/h4-12,18,28H,3,13H2,1-2H3,(H,26,27)/t18-,20-,21+,22-/m0/s1. The number of carboxylic acid groups (broad SMARTS) is 1. The number of ketones is 1. The van der Waals surface area contributed by atoms with Crippen molar-refractivity contribution >= 4 is 27.7 Å². The molecule has 158 valence electrons. The second kappa shape index (κ2) is 7.59. The van der Waals surface area contributed by atoms with Gasteiger partial charge in [0.2, 0.25) is 0 Å². The fraction of sp³-hybridized carbons (Fsp3) is 0.364. The van der Waals surface area contributed by atoms with E-state index in [1.54, 1.807) is 49.4 Å². The second-order valence-corrected chi connectivity index (χ2v) is 8.67. The Hall–Kier alpha value is -2.58. The third-order valence-corrected chi connectivity index (χ3v) is 7.11. The van der Waals surface area contributed by atoms with E-state index in [0.29, 0.717) is 10.0 Å². The minimum atomic E-state index is -2.18. The lowest BCUT2D eigenvalue weighted by atomic mass is 9.57. The van der Waals surface area contributed by atoms with Crippen LogP contribution in [0.15, 0.2) is 59.1 Å². The number of hydrogen-bond donors (Lipinski definition) is 2. The van der Waals surface area contributed by atoms with Crippen molar-refractivity contribution in [2.75, 3.05) is 0 Å². The summed E-state index contributed by atoms with van der Waals surface area (Å²) in [6.45, 7) is 2.75. The van der Waals surface area contributed by atoms with Crippen LogP contribution >= 0.6 is 15.9 Å². The van der Waals surface area contributed by atoms with Crippen molar-refractivity contribution in [3.8, 4) is 0 Å². The van der Waals surface area contributed by atoms with Crippen molar-refractivity contribution in [1.82, 2.24) is 0 Å². The van der Waals surface area contributed by atoms with E-state index in [0.717, 1.165) is 6.92 Å². The van der Waals surface area contributed by atoms with Crippen LogP contribution in [0.5, 0.6) is 0 Å². The fourth-order valence-corrected chi connectivity index (χ4v) is 5.61. The molecule has 4 atom stereocenters. The van der Waals surface area contributed by atoms with Crippen molar-refractivity contribution in [2.45, 2.75) is 43.7 Å². The molecule has 1 fully saturated rings. The third-order valence-electron chi connectivity index (χ3n) is 6.58. The van der Waals surface area contributed by atoms with Crippen LogP contribution in [0.25, 0.3) is 0 Å². The number of Topliss-reactive ketones (excluding diaryl/α,β-unsaturated/α-hetero) is 1. The highest BCUT2D eigenvalue weighted by molar-refractivity contribution is 9.10. The fourth-order valence-electron chi connectivity index (χ4n) is 5.35. The zero-order chi connectivity index (χ0) is 22.3. The Bertz CT molecular complexity index is 978. The summed E-state index contributed by atoms with van der Waals surface area (Å²) in [5.74, 6) is -2.20. The molecule has 0 heterocycles. The van der Waals surface area contributed by atoms with Crippen LogP contribution in [0.3, 0.4) is 0 Å². The molecule has 2 aromatic carbocycles. The minimum absolute atomic E-state index is 0.0265. The van der Waals surface area contributed by atoms with Crippen molar-refractivity contribution in [3.05, 3.63) is 80.3 Å². The summed E-state index contributed by atoms with van der Waals surface area (Å²) in [5.41, 5.74) is -5.56. The van der Waals surface area contributed by atoms with Gasteiger partial charge < -0.3 is 10.2 Å². The molecule has 1 aliphatic carbocycles. The lowest BCUT2D eigenvalue weighted by molar-refractivity contribution is -0.555. The molecular weight excluding hydrogens is 454 g/mol. The van der Waals surface area contributed by atoms with E-state index in [9.17, 15) is 29.9 Å². The predicted molar refractivity (Wildman–Crippen MR) is 113 cm³/mol. The molecule has 30 heavy (non-hydrogen) atoms. The number of benzene rings is 2. The second-order valence-electron chi connectivity index (χ2n) is 7.75. The summed E-state index contributed by atoms with van der Waals surface area (Å²) in [6, 6.07) is 12.7. The van der Waals surface area contributed by atoms with Gasteiger partial charge in [-0.1, -0.05) is 65.3 Å². The van der Waals surface area contributed by atoms with Crippen molar-refractivity contribution in [2.24, 2.45) is 5.41 Å². The molecule has 2 N–H and O–H groups in total. The molecule has 0 unspecified atom stereocenters. The summed E-state index contributed by atoms with van der Waals surface area (Å²) in [7, 11) is 0. The van der Waals surface area contributed by atoms with Gasteiger partial charge in [-0.2, -0.15) is 0 Å². The minimum Gasteiger partial charge on any atom is -0.480 e. The highest BCUT2D eigenvalue weighted by Gasteiger charge is 2.80. The number of rotatable bonds is 6. The quantitative estimate of drug-likeness (QED) is 0.373. The summed E-state index contributed by atoms with van der Waals surface area (Å²) >= 11 is 3.32. The average molecular weight is 476 g/mol. The van der Waals surface area contributed by atoms with Gasteiger partial charge in [0.25, 0.3) is 6.04 Å². The van der Waals surface area contributed by atoms with E-state index >= 15 is 0 Å². The molecule has 1 saturated carbocycles. The van der Waals surface area contributed by atoms with E-state index < -0.39 is 45.6 Å². The molecule has 1 aliphatic rings. The van der Waals surface area contributed by atoms with Gasteiger partial charge in [0.1, 0.15) is 11.2 Å². The molecule has 3 rings (SSSR count). The van der Waals surface area contributed by atoms with Gasteiger partial charge in [-0.05, 0) is 36.6 Å². The lowest BCUT2D eigenvalue weighted by Gasteiger charge is -2.41. The Kier molecular flexibility index (Phi) is 5.60. The van der Waals surface area contributed by atoms with Crippen LogP contribution in [0.1, 0.15) is 37.8 Å². The van der Waals surface area contributed by atoms with E-state index in [2.05, 4.69) is 15.9 Å². The molecule has 8 heteroatoms. The number of nitro groups is 1. The van der Waals surface area contributed by atoms with Crippen molar-refractivity contribution in [1.29, 1.82) is 0 Å². The molecule has 0 radical (unpaired) electrons. The van der Waals surface area contributed by atoms with Gasteiger partial charge in [-0.15, -0.1) is 0 Å². The zero-order valence-corrected chi connectivity index (χ0v) is 18.1. The Balaban J connectivity index is 2.48. The summed E-state index contributed by atoms with van der Waals surface area (Å²) in [4.78, 5) is 37.5. The number of aliphatic carboxylic acids is 1. The van der Waals surface area contributed by atoms with Crippen molar-refractivity contribution < 1.29 is 24.7 Å². The molecule has 0 saturated heterocycles.